The number of allylic oxidation sites excluding steroid dienone is 2. The van der Waals surface area contributed by atoms with Gasteiger partial charge in [0.25, 0.3) is 0 Å². The zero-order chi connectivity index (χ0) is 8.97. The lowest BCUT2D eigenvalue weighted by Gasteiger charge is -2.26. The zero-order valence-corrected chi connectivity index (χ0v) is 8.77. The lowest BCUT2D eigenvalue weighted by atomic mass is 9.80. The van der Waals surface area contributed by atoms with Crippen LogP contribution in [0.5, 0.6) is 0 Å². The van der Waals surface area contributed by atoms with Crippen LogP contribution in [0.2, 0.25) is 0 Å². The number of rotatable bonds is 2. The Bertz CT molecular complexity index is 147. The molecule has 0 aromatic carbocycles. The molecule has 0 nitrogen and oxygen atoms in total. The van der Waals surface area contributed by atoms with Crippen LogP contribution in [0.4, 0.5) is 0 Å². The first-order valence-corrected chi connectivity index (χ1v) is 5.34. The Labute approximate surface area is 77.1 Å². The molecule has 0 heteroatoms. The van der Waals surface area contributed by atoms with E-state index in [2.05, 4.69) is 26.8 Å². The Hall–Kier alpha value is -0.260. The summed E-state index contributed by atoms with van der Waals surface area (Å²) >= 11 is 0. The van der Waals surface area contributed by atoms with Crippen LogP contribution in [0.3, 0.4) is 0 Å². The fourth-order valence-electron chi connectivity index (χ4n) is 2.11. The van der Waals surface area contributed by atoms with E-state index < -0.39 is 0 Å². The Morgan fingerprint density at radius 2 is 1.83 bits per heavy atom. The van der Waals surface area contributed by atoms with Gasteiger partial charge < -0.3 is 0 Å². The van der Waals surface area contributed by atoms with Crippen molar-refractivity contribution in [2.24, 2.45) is 11.8 Å². The molecule has 0 atom stereocenters. The van der Waals surface area contributed by atoms with Crippen molar-refractivity contribution in [2.45, 2.75) is 52.9 Å². The Morgan fingerprint density at radius 1 is 1.25 bits per heavy atom. The predicted octanol–water partition coefficient (Wildman–Crippen LogP) is 4.17. The van der Waals surface area contributed by atoms with Crippen molar-refractivity contribution in [3.63, 3.8) is 0 Å². The Morgan fingerprint density at radius 3 is 2.33 bits per heavy atom. The quantitative estimate of drug-likeness (QED) is 0.540. The van der Waals surface area contributed by atoms with Gasteiger partial charge in [-0.05, 0) is 44.9 Å². The van der Waals surface area contributed by atoms with Crippen molar-refractivity contribution in [1.82, 2.24) is 0 Å². The summed E-state index contributed by atoms with van der Waals surface area (Å²) in [6, 6.07) is 0. The van der Waals surface area contributed by atoms with Crippen molar-refractivity contribution >= 4 is 0 Å². The summed E-state index contributed by atoms with van der Waals surface area (Å²) in [4.78, 5) is 0. The van der Waals surface area contributed by atoms with Gasteiger partial charge in [-0.3, -0.25) is 0 Å². The van der Waals surface area contributed by atoms with Crippen LogP contribution in [0, 0.1) is 11.8 Å². The van der Waals surface area contributed by atoms with Crippen molar-refractivity contribution in [3.8, 4) is 0 Å². The van der Waals surface area contributed by atoms with Crippen LogP contribution in [0.15, 0.2) is 11.6 Å². The summed E-state index contributed by atoms with van der Waals surface area (Å²) in [6.07, 6.45) is 9.46. The van der Waals surface area contributed by atoms with Crippen LogP contribution in [0.1, 0.15) is 52.9 Å². The largest absolute Gasteiger partial charge is 0.0887 e. The van der Waals surface area contributed by atoms with Crippen LogP contribution in [-0.4, -0.2) is 0 Å². The molecule has 0 aromatic rings. The molecule has 1 rings (SSSR count). The van der Waals surface area contributed by atoms with Gasteiger partial charge in [-0.15, -0.1) is 0 Å². The van der Waals surface area contributed by atoms with Gasteiger partial charge in [-0.25, -0.2) is 0 Å². The van der Waals surface area contributed by atoms with E-state index in [1.54, 1.807) is 5.57 Å². The fourth-order valence-corrected chi connectivity index (χ4v) is 2.11. The third-order valence-electron chi connectivity index (χ3n) is 3.24. The van der Waals surface area contributed by atoms with E-state index in [-0.39, 0.29) is 0 Å². The molecule has 0 saturated heterocycles. The van der Waals surface area contributed by atoms with E-state index in [9.17, 15) is 0 Å². The first-order chi connectivity index (χ1) is 5.72. The minimum absolute atomic E-state index is 0.993. The topological polar surface area (TPSA) is 0 Å². The molecular formula is C12H22. The summed E-state index contributed by atoms with van der Waals surface area (Å²) in [7, 11) is 0. The first-order valence-electron chi connectivity index (χ1n) is 5.34. The molecule has 1 aliphatic rings. The smallest absolute Gasteiger partial charge is 0.0295 e. The molecule has 0 radical (unpaired) electrons. The van der Waals surface area contributed by atoms with E-state index in [1.165, 1.54) is 32.1 Å². The van der Waals surface area contributed by atoms with Gasteiger partial charge in [0, 0.05) is 0 Å². The van der Waals surface area contributed by atoms with Crippen LogP contribution >= 0.6 is 0 Å². The van der Waals surface area contributed by atoms with E-state index in [0.717, 1.165) is 11.8 Å². The second-order valence-electron chi connectivity index (χ2n) is 4.47. The molecule has 1 aliphatic carbocycles. The van der Waals surface area contributed by atoms with Crippen molar-refractivity contribution < 1.29 is 0 Å². The van der Waals surface area contributed by atoms with Gasteiger partial charge in [0.1, 0.15) is 0 Å². The summed E-state index contributed by atoms with van der Waals surface area (Å²) in [6.45, 7) is 6.80. The molecule has 0 heterocycles. The van der Waals surface area contributed by atoms with Crippen LogP contribution < -0.4 is 0 Å². The lowest BCUT2D eigenvalue weighted by molar-refractivity contribution is 0.288. The highest BCUT2D eigenvalue weighted by atomic mass is 14.2. The van der Waals surface area contributed by atoms with Gasteiger partial charge in [-0.1, -0.05) is 31.4 Å². The van der Waals surface area contributed by atoms with E-state index in [4.69, 9.17) is 0 Å². The van der Waals surface area contributed by atoms with Gasteiger partial charge in [-0.2, -0.15) is 0 Å². The highest BCUT2D eigenvalue weighted by Crippen LogP contribution is 2.31. The average Bonchev–Trinajstić information content (AvgIpc) is 2.09. The first kappa shape index (κ1) is 9.83. The molecule has 0 N–H and O–H groups in total. The minimum Gasteiger partial charge on any atom is -0.0887 e. The minimum atomic E-state index is 0.993. The highest BCUT2D eigenvalue weighted by molar-refractivity contribution is 4.97. The normalized spacial score (nSPS) is 32.1. The molecule has 0 spiro atoms. The molecule has 0 unspecified atom stereocenters. The molecular weight excluding hydrogens is 144 g/mol. The number of hydrogen-bond acceptors (Lipinski definition) is 0. The zero-order valence-electron chi connectivity index (χ0n) is 8.77. The standard InChI is InChI=1S/C12H22/c1-4-10(2)9-12-7-5-11(3)6-8-12/h4,11-12H,5-9H2,1-3H3/b10-4-. The Kier molecular flexibility index (Phi) is 3.84. The molecule has 0 aromatic heterocycles. The Balaban J connectivity index is 2.26. The van der Waals surface area contributed by atoms with E-state index >= 15 is 0 Å². The lowest BCUT2D eigenvalue weighted by Crippen LogP contribution is -2.12. The SMILES string of the molecule is C/C=C(/C)CC1CCC(C)CC1. The maximum Gasteiger partial charge on any atom is -0.0295 e. The third-order valence-corrected chi connectivity index (χ3v) is 3.24. The van der Waals surface area contributed by atoms with Crippen molar-refractivity contribution in [2.75, 3.05) is 0 Å². The van der Waals surface area contributed by atoms with E-state index in [0.29, 0.717) is 0 Å². The fraction of sp³-hybridized carbons (Fsp3) is 0.833. The second-order valence-corrected chi connectivity index (χ2v) is 4.47. The maximum atomic E-state index is 2.39. The molecule has 0 bridgehead atoms. The van der Waals surface area contributed by atoms with Gasteiger partial charge in [0.05, 0.1) is 0 Å². The molecule has 0 aliphatic heterocycles. The monoisotopic (exact) mass is 166 g/mol. The summed E-state index contributed by atoms with van der Waals surface area (Å²) in [5.41, 5.74) is 1.58. The second kappa shape index (κ2) is 4.69. The van der Waals surface area contributed by atoms with E-state index in [1.807, 2.05) is 0 Å². The molecule has 1 fully saturated rings. The number of hydrogen-bond donors (Lipinski definition) is 0. The third kappa shape index (κ3) is 3.00. The molecule has 12 heavy (non-hydrogen) atoms. The van der Waals surface area contributed by atoms with Crippen molar-refractivity contribution in [1.29, 1.82) is 0 Å². The van der Waals surface area contributed by atoms with Crippen molar-refractivity contribution in [3.05, 3.63) is 11.6 Å². The summed E-state index contributed by atoms with van der Waals surface area (Å²) in [5.74, 6) is 1.99. The summed E-state index contributed by atoms with van der Waals surface area (Å²) in [5, 5.41) is 0. The van der Waals surface area contributed by atoms with Gasteiger partial charge >= 0.3 is 0 Å². The summed E-state index contributed by atoms with van der Waals surface area (Å²) < 4.78 is 0. The maximum absolute atomic E-state index is 2.39. The van der Waals surface area contributed by atoms with Crippen LogP contribution in [-0.2, 0) is 0 Å². The van der Waals surface area contributed by atoms with Gasteiger partial charge in [0.2, 0.25) is 0 Å². The molecule has 0 amide bonds. The molecule has 1 saturated carbocycles. The molecule has 70 valence electrons. The predicted molar refractivity (Wildman–Crippen MR) is 55.2 cm³/mol. The highest BCUT2D eigenvalue weighted by Gasteiger charge is 2.17. The van der Waals surface area contributed by atoms with Gasteiger partial charge in [0.15, 0.2) is 0 Å². The van der Waals surface area contributed by atoms with Crippen LogP contribution in [0.25, 0.3) is 0 Å². The average molecular weight is 166 g/mol.